The van der Waals surface area contributed by atoms with Crippen LogP contribution >= 0.6 is 11.3 Å². The first kappa shape index (κ1) is 8.90. The number of carboxylic acid groups (broad SMARTS) is 1. The molecule has 1 N–H and O–H groups in total. The van der Waals surface area contributed by atoms with Crippen molar-refractivity contribution in [3.05, 3.63) is 41.4 Å². The number of thiophene rings is 1. The molecule has 2 heterocycles. The lowest BCUT2D eigenvalue weighted by Gasteiger charge is -1.97. The molecule has 0 saturated heterocycles. The topological polar surface area (TPSA) is 50.2 Å². The van der Waals surface area contributed by atoms with Gasteiger partial charge < -0.3 is 5.11 Å². The highest BCUT2D eigenvalue weighted by atomic mass is 32.1. The van der Waals surface area contributed by atoms with Gasteiger partial charge in [-0.25, -0.2) is 9.78 Å². The Bertz CT molecular complexity index is 451. The van der Waals surface area contributed by atoms with Gasteiger partial charge >= 0.3 is 5.97 Å². The molecule has 0 unspecified atom stereocenters. The average molecular weight is 205 g/mol. The lowest BCUT2D eigenvalue weighted by atomic mass is 10.2. The van der Waals surface area contributed by atoms with Crippen molar-refractivity contribution < 1.29 is 9.90 Å². The maximum Gasteiger partial charge on any atom is 0.354 e. The summed E-state index contributed by atoms with van der Waals surface area (Å²) in [4.78, 5) is 15.7. The normalized spacial score (nSPS) is 10.0. The Morgan fingerprint density at radius 1 is 1.29 bits per heavy atom. The minimum absolute atomic E-state index is 0.0795. The maximum atomic E-state index is 10.7. The third-order valence-electron chi connectivity index (χ3n) is 1.74. The van der Waals surface area contributed by atoms with Crippen LogP contribution in [0.15, 0.2) is 35.7 Å². The van der Waals surface area contributed by atoms with Crippen LogP contribution in [0.5, 0.6) is 0 Å². The number of rotatable bonds is 2. The second-order valence-corrected chi connectivity index (χ2v) is 3.64. The third kappa shape index (κ3) is 1.65. The first-order valence-corrected chi connectivity index (χ1v) is 4.89. The molecule has 2 rings (SSSR count). The zero-order valence-corrected chi connectivity index (χ0v) is 7.99. The third-order valence-corrected chi connectivity index (χ3v) is 2.63. The van der Waals surface area contributed by atoms with Crippen LogP contribution in [0.2, 0.25) is 0 Å². The highest BCUT2D eigenvalue weighted by Crippen LogP contribution is 2.22. The second kappa shape index (κ2) is 3.59. The highest BCUT2D eigenvalue weighted by molar-refractivity contribution is 7.13. The van der Waals surface area contributed by atoms with E-state index in [1.807, 2.05) is 17.5 Å². The molecule has 0 aliphatic carbocycles. The van der Waals surface area contributed by atoms with Gasteiger partial charge in [0.25, 0.3) is 0 Å². The first-order chi connectivity index (χ1) is 6.77. The molecule has 0 saturated carbocycles. The van der Waals surface area contributed by atoms with Gasteiger partial charge in [-0.1, -0.05) is 12.1 Å². The predicted molar refractivity (Wildman–Crippen MR) is 54.5 cm³/mol. The Kier molecular flexibility index (Phi) is 2.28. The molecule has 2 aromatic rings. The van der Waals surface area contributed by atoms with Crippen LogP contribution in [0.4, 0.5) is 0 Å². The Balaban J connectivity index is 2.46. The molecule has 0 aliphatic heterocycles. The van der Waals surface area contributed by atoms with Crippen molar-refractivity contribution in [1.29, 1.82) is 0 Å². The summed E-state index contributed by atoms with van der Waals surface area (Å²) < 4.78 is 0. The number of hydrogen-bond acceptors (Lipinski definition) is 3. The molecule has 4 heteroatoms. The molecule has 0 aliphatic rings. The second-order valence-electron chi connectivity index (χ2n) is 2.69. The molecular weight excluding hydrogens is 198 g/mol. The molecule has 2 aromatic heterocycles. The van der Waals surface area contributed by atoms with Crippen molar-refractivity contribution in [2.24, 2.45) is 0 Å². The minimum atomic E-state index is -0.997. The standard InChI is InChI=1S/C10H7NO2S/c12-10(13)8-4-1-3-7(11-8)9-5-2-6-14-9/h1-6H,(H,12,13). The van der Waals surface area contributed by atoms with E-state index in [1.54, 1.807) is 23.5 Å². The lowest BCUT2D eigenvalue weighted by molar-refractivity contribution is 0.0690. The molecule has 14 heavy (non-hydrogen) atoms. The van der Waals surface area contributed by atoms with Crippen LogP contribution in [-0.2, 0) is 0 Å². The van der Waals surface area contributed by atoms with Gasteiger partial charge in [0.2, 0.25) is 0 Å². The predicted octanol–water partition coefficient (Wildman–Crippen LogP) is 2.51. The molecule has 0 amide bonds. The van der Waals surface area contributed by atoms with Crippen LogP contribution in [0.3, 0.4) is 0 Å². The average Bonchev–Trinajstić information content (AvgIpc) is 2.71. The molecule has 3 nitrogen and oxygen atoms in total. The van der Waals surface area contributed by atoms with Gasteiger partial charge in [-0.2, -0.15) is 0 Å². The van der Waals surface area contributed by atoms with E-state index in [0.717, 1.165) is 4.88 Å². The van der Waals surface area contributed by atoms with Crippen LogP contribution in [-0.4, -0.2) is 16.1 Å². The molecule has 0 atom stereocenters. The monoisotopic (exact) mass is 205 g/mol. The summed E-state index contributed by atoms with van der Waals surface area (Å²) >= 11 is 1.54. The molecular formula is C10H7NO2S. The Labute approximate surface area is 84.7 Å². The first-order valence-electron chi connectivity index (χ1n) is 4.01. The van der Waals surface area contributed by atoms with Gasteiger partial charge in [0.1, 0.15) is 5.69 Å². The van der Waals surface area contributed by atoms with E-state index in [1.165, 1.54) is 6.07 Å². The largest absolute Gasteiger partial charge is 0.477 e. The number of aromatic carboxylic acids is 1. The van der Waals surface area contributed by atoms with E-state index in [0.29, 0.717) is 5.69 Å². The van der Waals surface area contributed by atoms with Gasteiger partial charge in [-0.05, 0) is 23.6 Å². The Morgan fingerprint density at radius 2 is 2.14 bits per heavy atom. The zero-order chi connectivity index (χ0) is 9.97. The molecule has 70 valence electrons. The number of nitrogens with zero attached hydrogens (tertiary/aromatic N) is 1. The van der Waals surface area contributed by atoms with E-state index >= 15 is 0 Å². The van der Waals surface area contributed by atoms with Crippen molar-refractivity contribution >= 4 is 17.3 Å². The van der Waals surface area contributed by atoms with E-state index in [2.05, 4.69) is 4.98 Å². The fraction of sp³-hybridized carbons (Fsp3) is 0. The van der Waals surface area contributed by atoms with Gasteiger partial charge in [-0.15, -0.1) is 11.3 Å². The zero-order valence-electron chi connectivity index (χ0n) is 7.18. The summed E-state index contributed by atoms with van der Waals surface area (Å²) in [5.41, 5.74) is 0.788. The summed E-state index contributed by atoms with van der Waals surface area (Å²) in [6.07, 6.45) is 0. The summed E-state index contributed by atoms with van der Waals surface area (Å²) in [5, 5.41) is 10.7. The van der Waals surface area contributed by atoms with Crippen molar-refractivity contribution in [1.82, 2.24) is 4.98 Å². The van der Waals surface area contributed by atoms with Gasteiger partial charge in [0.05, 0.1) is 10.6 Å². The van der Waals surface area contributed by atoms with Crippen LogP contribution in [0.25, 0.3) is 10.6 Å². The van der Waals surface area contributed by atoms with E-state index in [9.17, 15) is 4.79 Å². The van der Waals surface area contributed by atoms with E-state index < -0.39 is 5.97 Å². The number of carbonyl (C=O) groups is 1. The van der Waals surface area contributed by atoms with Gasteiger partial charge in [0.15, 0.2) is 0 Å². The lowest BCUT2D eigenvalue weighted by Crippen LogP contribution is -1.99. The molecule has 0 aromatic carbocycles. The molecule has 0 bridgehead atoms. The summed E-state index contributed by atoms with van der Waals surface area (Å²) in [5.74, 6) is -0.997. The van der Waals surface area contributed by atoms with Crippen molar-refractivity contribution in [3.63, 3.8) is 0 Å². The van der Waals surface area contributed by atoms with Crippen molar-refractivity contribution in [2.45, 2.75) is 0 Å². The van der Waals surface area contributed by atoms with Crippen LogP contribution < -0.4 is 0 Å². The van der Waals surface area contributed by atoms with Gasteiger partial charge in [0, 0.05) is 0 Å². The number of aromatic nitrogens is 1. The summed E-state index contributed by atoms with van der Waals surface area (Å²) in [7, 11) is 0. The SMILES string of the molecule is O=C(O)c1cccc(-c2cccs2)n1. The highest BCUT2D eigenvalue weighted by Gasteiger charge is 2.06. The van der Waals surface area contributed by atoms with Crippen LogP contribution in [0, 0.1) is 0 Å². The number of hydrogen-bond donors (Lipinski definition) is 1. The van der Waals surface area contributed by atoms with E-state index in [4.69, 9.17) is 5.11 Å². The minimum Gasteiger partial charge on any atom is -0.477 e. The summed E-state index contributed by atoms with van der Waals surface area (Å²) in [6.45, 7) is 0. The number of carboxylic acids is 1. The van der Waals surface area contributed by atoms with E-state index in [-0.39, 0.29) is 5.69 Å². The maximum absolute atomic E-state index is 10.7. The number of pyridine rings is 1. The quantitative estimate of drug-likeness (QED) is 0.819. The summed E-state index contributed by atoms with van der Waals surface area (Å²) in [6, 6.07) is 8.82. The van der Waals surface area contributed by atoms with Gasteiger partial charge in [-0.3, -0.25) is 0 Å². The molecule has 0 spiro atoms. The van der Waals surface area contributed by atoms with Crippen molar-refractivity contribution in [2.75, 3.05) is 0 Å². The molecule has 0 fully saturated rings. The van der Waals surface area contributed by atoms with Crippen LogP contribution in [0.1, 0.15) is 10.5 Å². The Morgan fingerprint density at radius 3 is 2.79 bits per heavy atom. The Hall–Kier alpha value is -1.68. The molecule has 0 radical (unpaired) electrons. The van der Waals surface area contributed by atoms with Crippen molar-refractivity contribution in [3.8, 4) is 10.6 Å². The fourth-order valence-electron chi connectivity index (χ4n) is 1.12. The fourth-order valence-corrected chi connectivity index (χ4v) is 1.81. The smallest absolute Gasteiger partial charge is 0.354 e.